The van der Waals surface area contributed by atoms with Crippen LogP contribution >= 0.6 is 0 Å². The fraction of sp³-hybridized carbons (Fsp3) is 0.429. The number of amides is 2. The van der Waals surface area contributed by atoms with E-state index in [2.05, 4.69) is 5.32 Å². The second-order valence-corrected chi connectivity index (χ2v) is 4.90. The van der Waals surface area contributed by atoms with Crippen LogP contribution in [0.1, 0.15) is 29.6 Å². The number of anilines is 1. The number of carbonyl (C=O) groups excluding carboxylic acids is 2. The molecule has 1 saturated carbocycles. The topological polar surface area (TPSA) is 49.4 Å². The van der Waals surface area contributed by atoms with Crippen molar-refractivity contribution in [2.45, 2.75) is 19.3 Å². The van der Waals surface area contributed by atoms with Crippen molar-refractivity contribution in [3.63, 3.8) is 0 Å². The van der Waals surface area contributed by atoms with E-state index < -0.39 is 0 Å². The number of carbonyl (C=O) groups is 2. The van der Waals surface area contributed by atoms with Crippen LogP contribution in [0, 0.1) is 5.92 Å². The first kappa shape index (κ1) is 12.6. The Hall–Kier alpha value is -1.84. The van der Waals surface area contributed by atoms with Gasteiger partial charge in [-0.1, -0.05) is 12.5 Å². The van der Waals surface area contributed by atoms with Gasteiger partial charge in [0.15, 0.2) is 0 Å². The van der Waals surface area contributed by atoms with Gasteiger partial charge in [0, 0.05) is 31.3 Å². The first-order valence-corrected chi connectivity index (χ1v) is 6.20. The van der Waals surface area contributed by atoms with E-state index in [1.54, 1.807) is 32.3 Å². The van der Waals surface area contributed by atoms with E-state index in [1.807, 2.05) is 6.07 Å². The predicted molar refractivity (Wildman–Crippen MR) is 70.4 cm³/mol. The molecule has 2 amide bonds. The molecule has 1 fully saturated rings. The molecule has 0 saturated heterocycles. The van der Waals surface area contributed by atoms with E-state index in [1.165, 1.54) is 4.90 Å². The monoisotopic (exact) mass is 246 g/mol. The number of rotatable bonds is 3. The minimum absolute atomic E-state index is 0.0604. The second kappa shape index (κ2) is 5.21. The van der Waals surface area contributed by atoms with Crippen molar-refractivity contribution in [2.75, 3.05) is 19.4 Å². The van der Waals surface area contributed by atoms with Crippen molar-refractivity contribution in [3.05, 3.63) is 29.8 Å². The lowest BCUT2D eigenvalue weighted by Gasteiger charge is -2.24. The largest absolute Gasteiger partial charge is 0.345 e. The SMILES string of the molecule is CN(C)C(=O)c1cccc(NC(=O)C2CCC2)c1. The Morgan fingerprint density at radius 1 is 1.28 bits per heavy atom. The molecular formula is C14H18N2O2. The fourth-order valence-corrected chi connectivity index (χ4v) is 1.90. The number of benzene rings is 1. The summed E-state index contributed by atoms with van der Waals surface area (Å²) in [5.41, 5.74) is 1.28. The van der Waals surface area contributed by atoms with Crippen LogP contribution in [0.3, 0.4) is 0 Å². The highest BCUT2D eigenvalue weighted by molar-refractivity contribution is 5.97. The Kier molecular flexibility index (Phi) is 3.65. The van der Waals surface area contributed by atoms with Crippen molar-refractivity contribution in [2.24, 2.45) is 5.92 Å². The number of hydrogen-bond donors (Lipinski definition) is 1. The van der Waals surface area contributed by atoms with Crippen molar-refractivity contribution in [3.8, 4) is 0 Å². The van der Waals surface area contributed by atoms with E-state index in [0.29, 0.717) is 11.3 Å². The molecule has 4 nitrogen and oxygen atoms in total. The average Bonchev–Trinajstić information content (AvgIpc) is 2.25. The summed E-state index contributed by atoms with van der Waals surface area (Å²) in [6.45, 7) is 0. The van der Waals surface area contributed by atoms with Crippen LogP contribution in [-0.2, 0) is 4.79 Å². The van der Waals surface area contributed by atoms with Crippen molar-refractivity contribution >= 4 is 17.5 Å². The molecule has 1 aliphatic rings. The highest BCUT2D eigenvalue weighted by Crippen LogP contribution is 2.27. The minimum atomic E-state index is -0.0604. The molecule has 1 aromatic rings. The van der Waals surface area contributed by atoms with Gasteiger partial charge in [0.2, 0.25) is 5.91 Å². The molecule has 0 radical (unpaired) electrons. The molecule has 0 unspecified atom stereocenters. The van der Waals surface area contributed by atoms with E-state index in [0.717, 1.165) is 19.3 Å². The van der Waals surface area contributed by atoms with Crippen LogP contribution in [0.15, 0.2) is 24.3 Å². The van der Waals surface area contributed by atoms with E-state index in [4.69, 9.17) is 0 Å². The zero-order chi connectivity index (χ0) is 13.1. The Morgan fingerprint density at radius 3 is 2.56 bits per heavy atom. The molecule has 1 aliphatic carbocycles. The summed E-state index contributed by atoms with van der Waals surface area (Å²) in [5, 5.41) is 2.87. The maximum atomic E-state index is 11.8. The summed E-state index contributed by atoms with van der Waals surface area (Å²) in [5.74, 6) is 0.156. The third kappa shape index (κ3) is 2.70. The molecule has 18 heavy (non-hydrogen) atoms. The Bertz CT molecular complexity index is 465. The summed E-state index contributed by atoms with van der Waals surface area (Å²) in [4.78, 5) is 25.1. The Labute approximate surface area is 107 Å². The molecule has 4 heteroatoms. The van der Waals surface area contributed by atoms with Crippen LogP contribution < -0.4 is 5.32 Å². The molecule has 96 valence electrons. The predicted octanol–water partition coefficient (Wildman–Crippen LogP) is 2.13. The van der Waals surface area contributed by atoms with Gasteiger partial charge in [-0.3, -0.25) is 9.59 Å². The van der Waals surface area contributed by atoms with E-state index in [9.17, 15) is 9.59 Å². The van der Waals surface area contributed by atoms with Gasteiger partial charge in [-0.2, -0.15) is 0 Å². The maximum Gasteiger partial charge on any atom is 0.253 e. The molecule has 2 rings (SSSR count). The Morgan fingerprint density at radius 2 is 2.00 bits per heavy atom. The summed E-state index contributed by atoms with van der Waals surface area (Å²) < 4.78 is 0. The highest BCUT2D eigenvalue weighted by Gasteiger charge is 2.25. The van der Waals surface area contributed by atoms with E-state index in [-0.39, 0.29) is 17.7 Å². The van der Waals surface area contributed by atoms with Gasteiger partial charge in [-0.15, -0.1) is 0 Å². The first-order chi connectivity index (χ1) is 8.58. The summed E-state index contributed by atoms with van der Waals surface area (Å²) in [6, 6.07) is 7.07. The highest BCUT2D eigenvalue weighted by atomic mass is 16.2. The lowest BCUT2D eigenvalue weighted by molar-refractivity contribution is -0.122. The zero-order valence-electron chi connectivity index (χ0n) is 10.8. The standard InChI is InChI=1S/C14H18N2O2/c1-16(2)14(18)11-7-4-8-12(9-11)15-13(17)10-5-3-6-10/h4,7-10H,3,5-6H2,1-2H3,(H,15,17). The quantitative estimate of drug-likeness (QED) is 0.888. The third-order valence-electron chi connectivity index (χ3n) is 3.26. The number of nitrogens with zero attached hydrogens (tertiary/aromatic N) is 1. The van der Waals surface area contributed by atoms with Gasteiger partial charge in [0.1, 0.15) is 0 Å². The van der Waals surface area contributed by atoms with Crippen LogP contribution in [0.5, 0.6) is 0 Å². The zero-order valence-corrected chi connectivity index (χ0v) is 10.8. The lowest BCUT2D eigenvalue weighted by atomic mass is 9.85. The molecule has 1 N–H and O–H groups in total. The van der Waals surface area contributed by atoms with Gasteiger partial charge in [0.05, 0.1) is 0 Å². The average molecular weight is 246 g/mol. The van der Waals surface area contributed by atoms with Crippen molar-refractivity contribution in [1.82, 2.24) is 4.90 Å². The smallest absolute Gasteiger partial charge is 0.253 e. The first-order valence-electron chi connectivity index (χ1n) is 6.20. The van der Waals surface area contributed by atoms with Crippen LogP contribution in [0.2, 0.25) is 0 Å². The summed E-state index contributed by atoms with van der Waals surface area (Å²) in [6.07, 6.45) is 3.08. The number of nitrogens with one attached hydrogen (secondary N) is 1. The Balaban J connectivity index is 2.07. The molecular weight excluding hydrogens is 228 g/mol. The number of hydrogen-bond acceptors (Lipinski definition) is 2. The van der Waals surface area contributed by atoms with Gasteiger partial charge in [-0.05, 0) is 31.0 Å². The van der Waals surface area contributed by atoms with Crippen LogP contribution in [0.25, 0.3) is 0 Å². The maximum absolute atomic E-state index is 11.8. The molecule has 0 atom stereocenters. The van der Waals surface area contributed by atoms with Gasteiger partial charge >= 0.3 is 0 Å². The molecule has 1 aromatic carbocycles. The molecule has 0 heterocycles. The van der Waals surface area contributed by atoms with Crippen molar-refractivity contribution in [1.29, 1.82) is 0 Å². The summed E-state index contributed by atoms with van der Waals surface area (Å²) in [7, 11) is 3.42. The minimum Gasteiger partial charge on any atom is -0.345 e. The lowest BCUT2D eigenvalue weighted by Crippen LogP contribution is -2.28. The van der Waals surface area contributed by atoms with Crippen molar-refractivity contribution < 1.29 is 9.59 Å². The second-order valence-electron chi connectivity index (χ2n) is 4.90. The molecule has 0 aliphatic heterocycles. The molecule has 0 aromatic heterocycles. The van der Waals surface area contributed by atoms with Gasteiger partial charge in [0.25, 0.3) is 5.91 Å². The van der Waals surface area contributed by atoms with Gasteiger partial charge in [-0.25, -0.2) is 0 Å². The fourth-order valence-electron chi connectivity index (χ4n) is 1.90. The normalized spacial score (nSPS) is 14.8. The third-order valence-corrected chi connectivity index (χ3v) is 3.26. The van der Waals surface area contributed by atoms with Gasteiger partial charge < -0.3 is 10.2 Å². The summed E-state index contributed by atoms with van der Waals surface area (Å²) >= 11 is 0. The molecule has 0 spiro atoms. The molecule has 0 bridgehead atoms. The van der Waals surface area contributed by atoms with E-state index >= 15 is 0 Å². The van der Waals surface area contributed by atoms with Crippen LogP contribution in [0.4, 0.5) is 5.69 Å². The van der Waals surface area contributed by atoms with Crippen LogP contribution in [-0.4, -0.2) is 30.8 Å².